The highest BCUT2D eigenvalue weighted by Gasteiger charge is 2.64. The van der Waals surface area contributed by atoms with E-state index in [4.69, 9.17) is 0 Å². The van der Waals surface area contributed by atoms with Crippen LogP contribution in [0, 0.1) is 36.0 Å². The van der Waals surface area contributed by atoms with E-state index in [0.717, 1.165) is 29.5 Å². The third-order valence-electron chi connectivity index (χ3n) is 8.36. The summed E-state index contributed by atoms with van der Waals surface area (Å²) < 4.78 is 0. The number of anilines is 1. The predicted molar refractivity (Wildman–Crippen MR) is 114 cm³/mol. The van der Waals surface area contributed by atoms with Crippen molar-refractivity contribution in [2.75, 3.05) is 4.90 Å². The van der Waals surface area contributed by atoms with Gasteiger partial charge in [-0.2, -0.15) is 0 Å². The van der Waals surface area contributed by atoms with Crippen molar-refractivity contribution in [2.45, 2.75) is 58.9 Å². The molecule has 27 heavy (non-hydrogen) atoms. The van der Waals surface area contributed by atoms with Gasteiger partial charge < -0.3 is 4.90 Å². The zero-order valence-corrected chi connectivity index (χ0v) is 17.0. The number of para-hydroxylation sites is 1. The Morgan fingerprint density at radius 2 is 1.70 bits per heavy atom. The van der Waals surface area contributed by atoms with Crippen molar-refractivity contribution in [3.8, 4) is 0 Å². The molecule has 0 unspecified atom stereocenters. The van der Waals surface area contributed by atoms with Crippen LogP contribution in [0.2, 0.25) is 0 Å². The Bertz CT molecular complexity index is 802. The monoisotopic (exact) mass is 360 g/mol. The zero-order valence-electron chi connectivity index (χ0n) is 17.0. The van der Waals surface area contributed by atoms with E-state index in [0.29, 0.717) is 6.04 Å². The molecule has 4 saturated carbocycles. The van der Waals surface area contributed by atoms with Gasteiger partial charge in [-0.25, -0.2) is 4.99 Å². The first-order valence-electron chi connectivity index (χ1n) is 10.8. The first-order valence-corrected chi connectivity index (χ1v) is 10.8. The lowest BCUT2D eigenvalue weighted by atomic mass is 9.42. The van der Waals surface area contributed by atoms with Gasteiger partial charge in [-0.05, 0) is 94.9 Å². The molecule has 1 aliphatic heterocycles. The minimum Gasteiger partial charge on any atom is -0.322 e. The van der Waals surface area contributed by atoms with Gasteiger partial charge in [0.15, 0.2) is 0 Å². The lowest BCUT2D eigenvalue weighted by Crippen LogP contribution is -2.58. The Labute approximate surface area is 164 Å². The van der Waals surface area contributed by atoms with Crippen LogP contribution in [0.1, 0.15) is 51.5 Å². The Balaban J connectivity index is 1.72. The van der Waals surface area contributed by atoms with Crippen LogP contribution < -0.4 is 4.90 Å². The molecule has 0 aromatic heterocycles. The molecule has 0 saturated heterocycles. The van der Waals surface area contributed by atoms with Crippen LogP contribution in [0.5, 0.6) is 0 Å². The van der Waals surface area contributed by atoms with Gasteiger partial charge in [-0.1, -0.05) is 30.4 Å². The van der Waals surface area contributed by atoms with Gasteiger partial charge >= 0.3 is 0 Å². The quantitative estimate of drug-likeness (QED) is 0.592. The molecule has 0 amide bonds. The van der Waals surface area contributed by atoms with Crippen LogP contribution in [-0.2, 0) is 0 Å². The average molecular weight is 361 g/mol. The van der Waals surface area contributed by atoms with Crippen molar-refractivity contribution < 1.29 is 0 Å². The van der Waals surface area contributed by atoms with Crippen molar-refractivity contribution in [2.24, 2.45) is 34.1 Å². The summed E-state index contributed by atoms with van der Waals surface area (Å²) in [6.07, 6.45) is 11.8. The lowest BCUT2D eigenvalue weighted by Gasteiger charge is -2.62. The average Bonchev–Trinajstić information content (AvgIpc) is 2.89. The van der Waals surface area contributed by atoms with Crippen LogP contribution in [0.15, 0.2) is 52.8 Å². The van der Waals surface area contributed by atoms with Gasteiger partial charge in [0.1, 0.15) is 5.82 Å². The summed E-state index contributed by atoms with van der Waals surface area (Å²) in [7, 11) is 0. The molecule has 4 bridgehead atoms. The molecule has 1 heterocycles. The van der Waals surface area contributed by atoms with E-state index in [-0.39, 0.29) is 5.41 Å². The van der Waals surface area contributed by atoms with E-state index < -0.39 is 0 Å². The highest BCUT2D eigenvalue weighted by molar-refractivity contribution is 5.66. The molecule has 0 radical (unpaired) electrons. The van der Waals surface area contributed by atoms with Gasteiger partial charge in [0.25, 0.3) is 0 Å². The number of nitrogens with zero attached hydrogens (tertiary/aromatic N) is 2. The maximum atomic E-state index is 4.65. The van der Waals surface area contributed by atoms with Gasteiger partial charge in [0.05, 0.1) is 0 Å². The second-order valence-corrected chi connectivity index (χ2v) is 9.47. The summed E-state index contributed by atoms with van der Waals surface area (Å²) in [6.45, 7) is 10.9. The summed E-state index contributed by atoms with van der Waals surface area (Å²) >= 11 is 0. The summed E-state index contributed by atoms with van der Waals surface area (Å²) in [5.74, 6) is 4.68. The van der Waals surface area contributed by atoms with Crippen LogP contribution in [-0.4, -0.2) is 12.8 Å². The van der Waals surface area contributed by atoms with E-state index in [1.807, 2.05) is 0 Å². The second-order valence-electron chi connectivity index (χ2n) is 9.47. The molecule has 5 aliphatic rings. The van der Waals surface area contributed by atoms with Crippen molar-refractivity contribution >= 4 is 12.4 Å². The maximum Gasteiger partial charge on any atom is 0.136 e. The molecule has 1 aromatic carbocycles. The third-order valence-corrected chi connectivity index (χ3v) is 8.36. The molecule has 2 nitrogen and oxygen atoms in total. The SMILES string of the molecule is C=NC1=C(/C=C\C)C2(C3CC4CC(C3)CC2C4)[C@H](C)N1c1ccccc1C. The standard InChI is InChI=1S/C25H32N2/c1-5-8-22-24(26-4)27(23-10-7-6-9-16(23)2)17(3)25(22)20-12-18-11-19(14-20)15-21(25)13-18/h5-10,17-21H,4,11-15H2,1-3H3/b8-5-/t17-,18?,19?,20?,21?,25?/m0/s1. The number of hydrogen-bond donors (Lipinski definition) is 0. The number of aryl methyl sites for hydroxylation is 1. The van der Waals surface area contributed by atoms with Gasteiger partial charge in [0, 0.05) is 22.7 Å². The Morgan fingerprint density at radius 3 is 2.26 bits per heavy atom. The summed E-state index contributed by atoms with van der Waals surface area (Å²) in [5.41, 5.74) is 4.36. The highest BCUT2D eigenvalue weighted by atomic mass is 15.3. The fourth-order valence-electron chi connectivity index (χ4n) is 7.73. The number of allylic oxidation sites excluding steroid dienone is 2. The molecule has 0 N–H and O–H groups in total. The van der Waals surface area contributed by atoms with Gasteiger partial charge in [-0.15, -0.1) is 0 Å². The van der Waals surface area contributed by atoms with Crippen molar-refractivity contribution in [1.82, 2.24) is 0 Å². The molecule has 142 valence electrons. The molecule has 4 fully saturated rings. The Kier molecular flexibility index (Phi) is 3.90. The van der Waals surface area contributed by atoms with E-state index >= 15 is 0 Å². The molecule has 1 spiro atoms. The number of benzene rings is 1. The lowest BCUT2D eigenvalue weighted by molar-refractivity contribution is -0.0906. The summed E-state index contributed by atoms with van der Waals surface area (Å²) in [4.78, 5) is 7.18. The molecular weight excluding hydrogens is 328 g/mol. The van der Waals surface area contributed by atoms with Crippen LogP contribution in [0.4, 0.5) is 5.69 Å². The Hall–Kier alpha value is -1.83. The fourth-order valence-corrected chi connectivity index (χ4v) is 7.73. The molecule has 1 atom stereocenters. The molecular formula is C25H32N2. The largest absolute Gasteiger partial charge is 0.322 e. The number of aliphatic imine (C=N–C) groups is 1. The van der Waals surface area contributed by atoms with Gasteiger partial charge in [0.2, 0.25) is 0 Å². The smallest absolute Gasteiger partial charge is 0.136 e. The summed E-state index contributed by atoms with van der Waals surface area (Å²) in [5, 5.41) is 0. The second kappa shape index (κ2) is 6.09. The normalized spacial score (nSPS) is 40.0. The number of rotatable bonds is 3. The predicted octanol–water partition coefficient (Wildman–Crippen LogP) is 6.13. The van der Waals surface area contributed by atoms with E-state index in [1.54, 1.807) is 0 Å². The minimum absolute atomic E-state index is 0.249. The van der Waals surface area contributed by atoms with Crippen molar-refractivity contribution in [3.63, 3.8) is 0 Å². The fraction of sp³-hybridized carbons (Fsp3) is 0.560. The van der Waals surface area contributed by atoms with Gasteiger partial charge in [-0.3, -0.25) is 0 Å². The first kappa shape index (κ1) is 17.3. The zero-order chi connectivity index (χ0) is 18.8. The van der Waals surface area contributed by atoms with Crippen LogP contribution >= 0.6 is 0 Å². The third kappa shape index (κ3) is 2.16. The first-order chi connectivity index (χ1) is 13.1. The van der Waals surface area contributed by atoms with E-state index in [1.165, 1.54) is 48.9 Å². The molecule has 1 aromatic rings. The molecule has 6 rings (SSSR count). The van der Waals surface area contributed by atoms with Crippen molar-refractivity contribution in [3.05, 3.63) is 53.4 Å². The molecule has 4 aliphatic carbocycles. The van der Waals surface area contributed by atoms with E-state index in [9.17, 15) is 0 Å². The highest BCUT2D eigenvalue weighted by Crippen LogP contribution is 2.69. The van der Waals surface area contributed by atoms with Crippen LogP contribution in [0.3, 0.4) is 0 Å². The topological polar surface area (TPSA) is 15.6 Å². The van der Waals surface area contributed by atoms with Crippen LogP contribution in [0.25, 0.3) is 0 Å². The minimum atomic E-state index is 0.249. The Morgan fingerprint density at radius 1 is 1.07 bits per heavy atom. The van der Waals surface area contributed by atoms with E-state index in [2.05, 4.69) is 73.8 Å². The molecule has 2 heteroatoms. The number of hydrogen-bond acceptors (Lipinski definition) is 2. The van der Waals surface area contributed by atoms with Crippen molar-refractivity contribution in [1.29, 1.82) is 0 Å². The summed E-state index contributed by atoms with van der Waals surface area (Å²) in [6, 6.07) is 9.22. The maximum absolute atomic E-state index is 4.65.